The van der Waals surface area contributed by atoms with E-state index in [9.17, 15) is 0 Å². The van der Waals surface area contributed by atoms with Crippen molar-refractivity contribution in [1.82, 2.24) is 0 Å². The van der Waals surface area contributed by atoms with Crippen LogP contribution in [0.15, 0.2) is 237 Å². The summed E-state index contributed by atoms with van der Waals surface area (Å²) in [6.07, 6.45) is 0. The van der Waals surface area contributed by atoms with Gasteiger partial charge >= 0.3 is 0 Å². The van der Waals surface area contributed by atoms with Crippen LogP contribution in [0.1, 0.15) is 33.4 Å². The Kier molecular flexibility index (Phi) is 8.91. The fourth-order valence-corrected chi connectivity index (χ4v) is 10.8. The molecule has 0 atom stereocenters. The highest BCUT2D eigenvalue weighted by molar-refractivity contribution is 6.24. The van der Waals surface area contributed by atoms with E-state index in [1.54, 1.807) is 0 Å². The van der Waals surface area contributed by atoms with Gasteiger partial charge in [-0.2, -0.15) is 0 Å². The Labute approximate surface area is 375 Å². The van der Waals surface area contributed by atoms with Gasteiger partial charge in [0, 0.05) is 17.1 Å². The monoisotopic (exact) mass is 815 g/mol. The normalized spacial score (nSPS) is 12.7. The van der Waals surface area contributed by atoms with Gasteiger partial charge in [0.15, 0.2) is 0 Å². The predicted molar refractivity (Wildman–Crippen MR) is 271 cm³/mol. The molecular formula is C63H45N. The minimum Gasteiger partial charge on any atom is -0.311 e. The predicted octanol–water partition coefficient (Wildman–Crippen LogP) is 16.9. The number of hydrogen-bond acceptors (Lipinski definition) is 1. The van der Waals surface area contributed by atoms with E-state index in [1.165, 1.54) is 99.1 Å². The summed E-state index contributed by atoms with van der Waals surface area (Å²) in [6, 6.07) is 88.2. The van der Waals surface area contributed by atoms with Crippen molar-refractivity contribution in [2.45, 2.75) is 19.3 Å². The van der Waals surface area contributed by atoms with Crippen molar-refractivity contribution in [3.63, 3.8) is 0 Å². The van der Waals surface area contributed by atoms with E-state index in [0.29, 0.717) is 0 Å². The maximum absolute atomic E-state index is 2.45. The molecule has 0 radical (unpaired) electrons. The van der Waals surface area contributed by atoms with Gasteiger partial charge in [-0.3, -0.25) is 0 Å². The smallest absolute Gasteiger partial charge is 0.0719 e. The molecule has 1 heteroatoms. The Morgan fingerprint density at radius 1 is 0.328 bits per heavy atom. The average molecular weight is 816 g/mol. The third-order valence-electron chi connectivity index (χ3n) is 13.6. The number of hydrogen-bond donors (Lipinski definition) is 0. The zero-order chi connectivity index (χ0) is 42.8. The van der Waals surface area contributed by atoms with Crippen molar-refractivity contribution in [3.8, 4) is 33.4 Å². The fraction of sp³-hybridized carbons (Fsp3) is 0.0476. The first kappa shape index (κ1) is 37.7. The second-order valence-corrected chi connectivity index (χ2v) is 17.3. The molecule has 1 nitrogen and oxygen atoms in total. The van der Waals surface area contributed by atoms with Crippen molar-refractivity contribution in [2.75, 3.05) is 4.90 Å². The molecule has 11 aromatic carbocycles. The van der Waals surface area contributed by atoms with Crippen molar-refractivity contribution in [1.29, 1.82) is 0 Å². The average Bonchev–Trinajstić information content (AvgIpc) is 3.66. The molecule has 0 amide bonds. The van der Waals surface area contributed by atoms with Gasteiger partial charge in [-0.1, -0.05) is 199 Å². The zero-order valence-corrected chi connectivity index (χ0v) is 36.0. The molecule has 0 fully saturated rings. The van der Waals surface area contributed by atoms with Crippen LogP contribution in [0.2, 0.25) is 0 Å². The Balaban J connectivity index is 1.15. The van der Waals surface area contributed by atoms with Crippen LogP contribution < -0.4 is 4.90 Å². The van der Waals surface area contributed by atoms with Gasteiger partial charge in [0.25, 0.3) is 0 Å². The van der Waals surface area contributed by atoms with Crippen LogP contribution >= 0.6 is 0 Å². The van der Waals surface area contributed by atoms with Crippen LogP contribution in [0.4, 0.5) is 17.1 Å². The first-order chi connectivity index (χ1) is 31.6. The molecule has 1 aliphatic rings. The fourth-order valence-electron chi connectivity index (χ4n) is 10.8. The number of aryl methyl sites for hydroxylation is 2. The molecule has 0 saturated carbocycles. The standard InChI is InChI=1S/C63H45N/c1-42-28-34-49(35-29-42)64(50-36-30-43(2)31-37-50)51-38-32-44(33-39-51)60-53-23-11-12-24-54(53)61(58-41-46-17-10-9-16-45(46)40-57(58)60)56-26-15-25-55-52-22-13-14-27-59(52)63(62(55)56,47-18-5-3-6-19-47)48-20-7-4-8-21-48/h3-41H,1-2H3. The van der Waals surface area contributed by atoms with E-state index in [2.05, 4.69) is 255 Å². The van der Waals surface area contributed by atoms with Crippen molar-refractivity contribution in [3.05, 3.63) is 270 Å². The lowest BCUT2D eigenvalue weighted by molar-refractivity contribution is 0.770. The number of fused-ring (bicyclic) bond motifs is 6. The Morgan fingerprint density at radius 3 is 1.34 bits per heavy atom. The second kappa shape index (κ2) is 15.1. The van der Waals surface area contributed by atoms with E-state index < -0.39 is 5.41 Å². The molecule has 11 aromatic rings. The zero-order valence-electron chi connectivity index (χ0n) is 36.0. The van der Waals surface area contributed by atoms with E-state index in [-0.39, 0.29) is 0 Å². The number of anilines is 3. The minimum atomic E-state index is -0.551. The van der Waals surface area contributed by atoms with Crippen LogP contribution in [0.3, 0.4) is 0 Å². The summed E-state index contributed by atoms with van der Waals surface area (Å²) in [5, 5.41) is 7.43. The molecular weight excluding hydrogens is 771 g/mol. The molecule has 0 unspecified atom stereocenters. The Bertz CT molecular complexity index is 3450. The van der Waals surface area contributed by atoms with Crippen molar-refractivity contribution in [2.24, 2.45) is 0 Å². The van der Waals surface area contributed by atoms with Crippen LogP contribution in [-0.4, -0.2) is 0 Å². The SMILES string of the molecule is Cc1ccc(N(c2ccc(C)cc2)c2ccc(-c3c4ccccc4c(-c4cccc5c4C(c4ccccc4)(c4ccccc4)c4ccccc4-5)c4cc5ccccc5cc34)cc2)cc1. The van der Waals surface area contributed by atoms with Gasteiger partial charge in [-0.25, -0.2) is 0 Å². The number of nitrogens with zero attached hydrogens (tertiary/aromatic N) is 1. The van der Waals surface area contributed by atoms with Gasteiger partial charge in [-0.05, 0) is 150 Å². The summed E-state index contributed by atoms with van der Waals surface area (Å²) in [7, 11) is 0. The minimum absolute atomic E-state index is 0.551. The Morgan fingerprint density at radius 2 is 0.766 bits per heavy atom. The largest absolute Gasteiger partial charge is 0.311 e. The Hall–Kier alpha value is -8.00. The first-order valence-electron chi connectivity index (χ1n) is 22.3. The summed E-state index contributed by atoms with van der Waals surface area (Å²) in [4.78, 5) is 2.36. The third-order valence-corrected chi connectivity index (χ3v) is 13.6. The van der Waals surface area contributed by atoms with Crippen LogP contribution in [-0.2, 0) is 5.41 Å². The lowest BCUT2D eigenvalue weighted by Gasteiger charge is -2.35. The first-order valence-corrected chi connectivity index (χ1v) is 22.3. The topological polar surface area (TPSA) is 3.24 Å². The summed E-state index contributed by atoms with van der Waals surface area (Å²) in [6.45, 7) is 4.29. The lowest BCUT2D eigenvalue weighted by atomic mass is 9.65. The second-order valence-electron chi connectivity index (χ2n) is 17.3. The van der Waals surface area contributed by atoms with Crippen LogP contribution in [0.25, 0.3) is 65.7 Å². The van der Waals surface area contributed by atoms with Gasteiger partial charge in [0.2, 0.25) is 0 Å². The molecule has 0 saturated heterocycles. The highest BCUT2D eigenvalue weighted by Crippen LogP contribution is 2.60. The summed E-state index contributed by atoms with van der Waals surface area (Å²) < 4.78 is 0. The quantitative estimate of drug-likeness (QED) is 0.145. The van der Waals surface area contributed by atoms with Gasteiger partial charge in [0.1, 0.15) is 0 Å². The molecule has 12 rings (SSSR count). The van der Waals surface area contributed by atoms with Crippen molar-refractivity contribution < 1.29 is 0 Å². The summed E-state index contributed by atoms with van der Waals surface area (Å²) in [5.41, 5.74) is 18.0. The molecule has 1 aliphatic carbocycles. The van der Waals surface area contributed by atoms with Crippen molar-refractivity contribution >= 4 is 49.4 Å². The maximum Gasteiger partial charge on any atom is 0.0719 e. The highest BCUT2D eigenvalue weighted by atomic mass is 15.1. The number of rotatable bonds is 7. The van der Waals surface area contributed by atoms with Gasteiger partial charge < -0.3 is 4.90 Å². The lowest BCUT2D eigenvalue weighted by Crippen LogP contribution is -2.29. The van der Waals surface area contributed by atoms with E-state index in [0.717, 1.165) is 17.1 Å². The molecule has 0 heterocycles. The molecule has 0 aromatic heterocycles. The van der Waals surface area contributed by atoms with Crippen LogP contribution in [0, 0.1) is 13.8 Å². The molecule has 302 valence electrons. The van der Waals surface area contributed by atoms with Gasteiger partial charge in [0.05, 0.1) is 5.41 Å². The summed E-state index contributed by atoms with van der Waals surface area (Å²) in [5.74, 6) is 0. The van der Waals surface area contributed by atoms with E-state index in [4.69, 9.17) is 0 Å². The molecule has 0 spiro atoms. The van der Waals surface area contributed by atoms with E-state index in [1.807, 2.05) is 0 Å². The van der Waals surface area contributed by atoms with Gasteiger partial charge in [-0.15, -0.1) is 0 Å². The number of benzene rings is 11. The maximum atomic E-state index is 2.45. The highest BCUT2D eigenvalue weighted by Gasteiger charge is 2.47. The molecule has 0 aliphatic heterocycles. The summed E-state index contributed by atoms with van der Waals surface area (Å²) >= 11 is 0. The van der Waals surface area contributed by atoms with Crippen LogP contribution in [0.5, 0.6) is 0 Å². The molecule has 0 N–H and O–H groups in total. The molecule has 64 heavy (non-hydrogen) atoms. The van der Waals surface area contributed by atoms with E-state index >= 15 is 0 Å². The third kappa shape index (κ3) is 5.85. The molecule has 0 bridgehead atoms.